The number of cyclic esters (lactones) is 1. The number of nitrogens with one attached hydrogen (secondary N) is 1. The van der Waals surface area contributed by atoms with Crippen molar-refractivity contribution in [2.24, 2.45) is 0 Å². The molecule has 2 saturated heterocycles. The number of carbonyl (C=O) groups excluding carboxylic acids is 2. The van der Waals surface area contributed by atoms with Gasteiger partial charge >= 0.3 is 12.2 Å². The third-order valence-electron chi connectivity index (χ3n) is 6.18. The van der Waals surface area contributed by atoms with Crippen molar-refractivity contribution in [3.05, 3.63) is 41.2 Å². The molecule has 0 aromatic heterocycles. The fourth-order valence-corrected chi connectivity index (χ4v) is 5.02. The number of anilines is 1. The standard InChI is InChI=1S/C20H22FN3O4/c1-10(2)28-18(25)23-17-14(20(3)6-7-27-19(26)24(20)23)9-13-12-5-4-11(21)8-15(12)22-16(13)17/h4-5,8-10,13,16-17,22H,6-7H2,1-3H3/t13-,16+,17+,20-/m1/s1. The highest BCUT2D eigenvalue weighted by atomic mass is 19.1. The third-order valence-corrected chi connectivity index (χ3v) is 6.18. The Morgan fingerprint density at radius 1 is 1.43 bits per heavy atom. The van der Waals surface area contributed by atoms with Gasteiger partial charge in [0, 0.05) is 18.0 Å². The lowest BCUT2D eigenvalue weighted by Crippen LogP contribution is -2.59. The molecule has 8 heteroatoms. The van der Waals surface area contributed by atoms with Crippen molar-refractivity contribution >= 4 is 17.9 Å². The molecule has 0 spiro atoms. The van der Waals surface area contributed by atoms with Crippen molar-refractivity contribution in [1.29, 1.82) is 0 Å². The first-order valence-electron chi connectivity index (χ1n) is 9.56. The predicted octanol–water partition coefficient (Wildman–Crippen LogP) is 3.39. The average Bonchev–Trinajstić information content (AvgIpc) is 3.21. The summed E-state index contributed by atoms with van der Waals surface area (Å²) in [5.41, 5.74) is 2.07. The first-order valence-corrected chi connectivity index (χ1v) is 9.56. The zero-order valence-electron chi connectivity index (χ0n) is 15.9. The monoisotopic (exact) mass is 387 g/mol. The van der Waals surface area contributed by atoms with Crippen molar-refractivity contribution in [1.82, 2.24) is 10.0 Å². The van der Waals surface area contributed by atoms with E-state index in [1.54, 1.807) is 19.9 Å². The molecule has 28 heavy (non-hydrogen) atoms. The number of rotatable bonds is 1. The van der Waals surface area contributed by atoms with Crippen LogP contribution in [0.15, 0.2) is 29.8 Å². The van der Waals surface area contributed by atoms with E-state index in [1.807, 2.05) is 6.92 Å². The van der Waals surface area contributed by atoms with Crippen LogP contribution >= 0.6 is 0 Å². The number of hydrazine groups is 1. The van der Waals surface area contributed by atoms with Gasteiger partial charge in [0.05, 0.1) is 24.3 Å². The van der Waals surface area contributed by atoms with E-state index >= 15 is 0 Å². The molecule has 1 aliphatic carbocycles. The van der Waals surface area contributed by atoms with Gasteiger partial charge in [-0.3, -0.25) is 0 Å². The second kappa shape index (κ2) is 5.62. The smallest absolute Gasteiger partial charge is 0.429 e. The highest BCUT2D eigenvalue weighted by Gasteiger charge is 2.64. The van der Waals surface area contributed by atoms with Crippen LogP contribution in [0, 0.1) is 5.82 Å². The topological polar surface area (TPSA) is 71.1 Å². The highest BCUT2D eigenvalue weighted by Crippen LogP contribution is 2.55. The molecule has 3 aliphatic heterocycles. The summed E-state index contributed by atoms with van der Waals surface area (Å²) < 4.78 is 24.4. The van der Waals surface area contributed by atoms with Crippen molar-refractivity contribution in [3.63, 3.8) is 0 Å². The molecule has 2 amide bonds. The van der Waals surface area contributed by atoms with Crippen molar-refractivity contribution in [2.75, 3.05) is 11.9 Å². The number of hydrogen-bond acceptors (Lipinski definition) is 5. The Kier molecular flexibility index (Phi) is 3.48. The number of ether oxygens (including phenoxy) is 2. The Morgan fingerprint density at radius 2 is 2.21 bits per heavy atom. The number of nitrogens with zero attached hydrogens (tertiary/aromatic N) is 2. The second-order valence-corrected chi connectivity index (χ2v) is 8.22. The van der Waals surface area contributed by atoms with Gasteiger partial charge in [-0.2, -0.15) is 0 Å². The highest BCUT2D eigenvalue weighted by molar-refractivity contribution is 5.80. The SMILES string of the molecule is CC(C)OC(=O)N1[C@H]2C(=C[C@@H]3c4ccc(F)cc4N[C@@H]32)[C@@]2(C)CCOC(=O)N12. The molecule has 0 saturated carbocycles. The Labute approximate surface area is 162 Å². The van der Waals surface area contributed by atoms with Gasteiger partial charge in [0.1, 0.15) is 11.9 Å². The Balaban J connectivity index is 1.61. The van der Waals surface area contributed by atoms with Gasteiger partial charge in [0.2, 0.25) is 0 Å². The van der Waals surface area contributed by atoms with E-state index in [1.165, 1.54) is 22.2 Å². The van der Waals surface area contributed by atoms with Crippen LogP contribution in [0.4, 0.5) is 19.7 Å². The molecule has 2 fully saturated rings. The summed E-state index contributed by atoms with van der Waals surface area (Å²) >= 11 is 0. The molecule has 1 aromatic rings. The molecule has 0 bridgehead atoms. The van der Waals surface area contributed by atoms with Crippen LogP contribution in [0.2, 0.25) is 0 Å². The Bertz CT molecular complexity index is 917. The number of carbonyl (C=O) groups is 2. The van der Waals surface area contributed by atoms with Crippen molar-refractivity contribution < 1.29 is 23.5 Å². The minimum atomic E-state index is -0.651. The number of fused-ring (bicyclic) bond motifs is 7. The normalized spacial score (nSPS) is 32.2. The fourth-order valence-electron chi connectivity index (χ4n) is 5.02. The lowest BCUT2D eigenvalue weighted by molar-refractivity contribution is -0.0754. The summed E-state index contributed by atoms with van der Waals surface area (Å²) in [7, 11) is 0. The molecule has 5 rings (SSSR count). The van der Waals surface area contributed by atoms with E-state index in [9.17, 15) is 14.0 Å². The third kappa shape index (κ3) is 2.14. The summed E-state index contributed by atoms with van der Waals surface area (Å²) in [6.07, 6.45) is 1.25. The zero-order chi connectivity index (χ0) is 19.8. The van der Waals surface area contributed by atoms with E-state index in [2.05, 4.69) is 11.4 Å². The minimum Gasteiger partial charge on any atom is -0.448 e. The molecule has 3 heterocycles. The molecule has 4 aliphatic rings. The maximum Gasteiger partial charge on any atom is 0.429 e. The fraction of sp³-hybridized carbons (Fsp3) is 0.500. The molecule has 7 nitrogen and oxygen atoms in total. The number of halogens is 1. The van der Waals surface area contributed by atoms with Crippen LogP contribution < -0.4 is 5.32 Å². The number of amides is 2. The summed E-state index contributed by atoms with van der Waals surface area (Å²) in [6, 6.07) is 4.11. The largest absolute Gasteiger partial charge is 0.448 e. The molecule has 148 valence electrons. The van der Waals surface area contributed by atoms with Crippen LogP contribution in [0.25, 0.3) is 0 Å². The van der Waals surface area contributed by atoms with E-state index < -0.39 is 23.8 Å². The van der Waals surface area contributed by atoms with E-state index in [0.717, 1.165) is 16.8 Å². The maximum absolute atomic E-state index is 13.7. The van der Waals surface area contributed by atoms with E-state index in [-0.39, 0.29) is 23.9 Å². The molecular weight excluding hydrogens is 365 g/mol. The summed E-state index contributed by atoms with van der Waals surface area (Å²) in [4.78, 5) is 25.6. The Hall–Kier alpha value is -2.77. The van der Waals surface area contributed by atoms with Gasteiger partial charge < -0.3 is 14.8 Å². The quantitative estimate of drug-likeness (QED) is 0.748. The lowest BCUT2D eigenvalue weighted by atomic mass is 9.86. The maximum atomic E-state index is 13.7. The van der Waals surface area contributed by atoms with Crippen molar-refractivity contribution in [3.8, 4) is 0 Å². The summed E-state index contributed by atoms with van der Waals surface area (Å²) in [5, 5.41) is 6.17. The molecule has 0 radical (unpaired) electrons. The second-order valence-electron chi connectivity index (χ2n) is 8.22. The molecule has 0 unspecified atom stereocenters. The number of benzene rings is 1. The van der Waals surface area contributed by atoms with Crippen LogP contribution in [-0.2, 0) is 9.47 Å². The summed E-state index contributed by atoms with van der Waals surface area (Å²) in [5.74, 6) is -0.312. The van der Waals surface area contributed by atoms with E-state index in [4.69, 9.17) is 9.47 Å². The van der Waals surface area contributed by atoms with Crippen LogP contribution in [0.3, 0.4) is 0 Å². The van der Waals surface area contributed by atoms with Crippen molar-refractivity contribution in [2.45, 2.75) is 56.8 Å². The van der Waals surface area contributed by atoms with Crippen LogP contribution in [0.1, 0.15) is 38.7 Å². The molecular formula is C20H22FN3O4. The molecule has 1 aromatic carbocycles. The minimum absolute atomic E-state index is 0.00173. The van der Waals surface area contributed by atoms with Gasteiger partial charge in [-0.15, -0.1) is 0 Å². The number of hydrogen-bond donors (Lipinski definition) is 1. The zero-order valence-corrected chi connectivity index (χ0v) is 15.9. The first kappa shape index (κ1) is 17.3. The van der Waals surface area contributed by atoms with E-state index in [0.29, 0.717) is 13.0 Å². The Morgan fingerprint density at radius 3 is 2.96 bits per heavy atom. The lowest BCUT2D eigenvalue weighted by Gasteiger charge is -2.42. The summed E-state index contributed by atoms with van der Waals surface area (Å²) in [6.45, 7) is 5.79. The van der Waals surface area contributed by atoms with Crippen LogP contribution in [-0.4, -0.2) is 52.5 Å². The van der Waals surface area contributed by atoms with Gasteiger partial charge in [0.15, 0.2) is 0 Å². The molecule has 1 N–H and O–H groups in total. The van der Waals surface area contributed by atoms with Crippen LogP contribution in [0.5, 0.6) is 0 Å². The van der Waals surface area contributed by atoms with Gasteiger partial charge in [0.25, 0.3) is 0 Å². The van der Waals surface area contributed by atoms with Gasteiger partial charge in [-0.25, -0.2) is 24.0 Å². The van der Waals surface area contributed by atoms with Gasteiger partial charge in [-0.1, -0.05) is 12.1 Å². The van der Waals surface area contributed by atoms with Gasteiger partial charge in [-0.05, 0) is 44.0 Å². The average molecular weight is 387 g/mol. The predicted molar refractivity (Wildman–Crippen MR) is 98.1 cm³/mol. The first-order chi connectivity index (χ1) is 13.3. The molecule has 4 atom stereocenters.